The summed E-state index contributed by atoms with van der Waals surface area (Å²) in [6.07, 6.45) is 1.68. The summed E-state index contributed by atoms with van der Waals surface area (Å²) in [6.45, 7) is 1.87. The van der Waals surface area contributed by atoms with Crippen LogP contribution < -0.4 is 0 Å². The summed E-state index contributed by atoms with van der Waals surface area (Å²) >= 11 is 7.30. The normalized spacial score (nSPS) is 11.4. The van der Waals surface area contributed by atoms with Gasteiger partial charge in [-0.1, -0.05) is 48.0 Å². The Morgan fingerprint density at radius 3 is 2.59 bits per heavy atom. The molecule has 3 aromatic carbocycles. The topological polar surface area (TPSA) is 62.5 Å². The molecule has 0 aliphatic carbocycles. The summed E-state index contributed by atoms with van der Waals surface area (Å²) in [6, 6.07) is 18.4. The predicted molar refractivity (Wildman–Crippen MR) is 120 cm³/mol. The maximum Gasteiger partial charge on any atom is 0.196 e. The van der Waals surface area contributed by atoms with Crippen molar-refractivity contribution in [3.63, 3.8) is 0 Å². The molecule has 4 aromatic rings. The molecule has 0 aliphatic heterocycles. The van der Waals surface area contributed by atoms with Crippen LogP contribution in [0.15, 0.2) is 65.7 Å². The lowest BCUT2D eigenvalue weighted by Crippen LogP contribution is -2.03. The van der Waals surface area contributed by atoms with Crippen LogP contribution in [-0.4, -0.2) is 28.6 Å². The Labute approximate surface area is 177 Å². The molecule has 0 fully saturated rings. The van der Waals surface area contributed by atoms with E-state index in [2.05, 4.69) is 9.98 Å². The second kappa shape index (κ2) is 8.15. The van der Waals surface area contributed by atoms with Crippen LogP contribution in [0.3, 0.4) is 0 Å². The molecule has 0 amide bonds. The minimum atomic E-state index is -0.0699. The number of hydrogen-bond donors (Lipinski definition) is 1. The van der Waals surface area contributed by atoms with Crippen molar-refractivity contribution in [1.29, 1.82) is 0 Å². The van der Waals surface area contributed by atoms with E-state index in [0.29, 0.717) is 15.6 Å². The van der Waals surface area contributed by atoms with Crippen molar-refractivity contribution in [1.82, 2.24) is 4.98 Å². The molecule has 0 radical (unpaired) electrons. The van der Waals surface area contributed by atoms with E-state index in [9.17, 15) is 9.90 Å². The molecule has 0 bridgehead atoms. The van der Waals surface area contributed by atoms with E-state index in [4.69, 9.17) is 11.6 Å². The second-order valence-electron chi connectivity index (χ2n) is 6.55. The standard InChI is InChI=1S/C23H17ClN2O2S/c1-14-22(29-23(26-14)15-6-9-17(24)10-7-15)21(28)13-25-12-16-8-11-20(27)19-5-3-2-4-18(16)19/h2-12,27H,13H2,1H3. The fraction of sp³-hybridized carbons (Fsp3) is 0.0870. The molecule has 1 N–H and O–H groups in total. The Balaban J connectivity index is 1.53. The Kier molecular flexibility index (Phi) is 5.43. The summed E-state index contributed by atoms with van der Waals surface area (Å²) in [5.74, 6) is 0.156. The van der Waals surface area contributed by atoms with Crippen LogP contribution in [0.1, 0.15) is 20.9 Å². The van der Waals surface area contributed by atoms with Gasteiger partial charge in [0.05, 0.1) is 10.6 Å². The van der Waals surface area contributed by atoms with E-state index in [0.717, 1.165) is 26.9 Å². The number of hydrogen-bond acceptors (Lipinski definition) is 5. The molecule has 4 rings (SSSR count). The van der Waals surface area contributed by atoms with Gasteiger partial charge in [-0.05, 0) is 36.6 Å². The fourth-order valence-electron chi connectivity index (χ4n) is 3.09. The number of ketones is 1. The number of nitrogens with zero attached hydrogens (tertiary/aromatic N) is 2. The third kappa shape index (κ3) is 4.06. The van der Waals surface area contributed by atoms with Crippen LogP contribution >= 0.6 is 22.9 Å². The average molecular weight is 421 g/mol. The van der Waals surface area contributed by atoms with E-state index < -0.39 is 0 Å². The highest BCUT2D eigenvalue weighted by Crippen LogP contribution is 2.29. The number of aliphatic imine (C=N–C) groups is 1. The highest BCUT2D eigenvalue weighted by Gasteiger charge is 2.15. The first-order valence-corrected chi connectivity index (χ1v) is 10.2. The van der Waals surface area contributed by atoms with Gasteiger partial charge >= 0.3 is 0 Å². The zero-order valence-electron chi connectivity index (χ0n) is 15.6. The summed E-state index contributed by atoms with van der Waals surface area (Å²) in [5.41, 5.74) is 2.49. The molecule has 0 saturated carbocycles. The molecular formula is C23H17ClN2O2S. The Bertz CT molecular complexity index is 1230. The highest BCUT2D eigenvalue weighted by atomic mass is 35.5. The summed E-state index contributed by atoms with van der Waals surface area (Å²) in [5, 5.41) is 13.1. The number of phenols is 1. The number of aryl methyl sites for hydroxylation is 1. The zero-order valence-corrected chi connectivity index (χ0v) is 17.2. The van der Waals surface area contributed by atoms with Crippen molar-refractivity contribution >= 4 is 45.7 Å². The predicted octanol–water partition coefficient (Wildman–Crippen LogP) is 5.93. The lowest BCUT2D eigenvalue weighted by molar-refractivity contribution is 0.100. The molecule has 0 aliphatic rings. The van der Waals surface area contributed by atoms with Crippen molar-refractivity contribution < 1.29 is 9.90 Å². The molecule has 6 heteroatoms. The average Bonchev–Trinajstić information content (AvgIpc) is 3.12. The number of aromatic hydroxyl groups is 1. The van der Waals surface area contributed by atoms with E-state index in [1.165, 1.54) is 11.3 Å². The van der Waals surface area contributed by atoms with Gasteiger partial charge < -0.3 is 5.11 Å². The maximum absolute atomic E-state index is 12.7. The van der Waals surface area contributed by atoms with E-state index in [-0.39, 0.29) is 18.1 Å². The molecule has 144 valence electrons. The molecule has 4 nitrogen and oxygen atoms in total. The number of rotatable bonds is 5. The summed E-state index contributed by atoms with van der Waals surface area (Å²) in [7, 11) is 0. The van der Waals surface area contributed by atoms with Gasteiger partial charge in [-0.25, -0.2) is 4.98 Å². The van der Waals surface area contributed by atoms with Crippen molar-refractivity contribution in [3.8, 4) is 16.3 Å². The number of carbonyl (C=O) groups excluding carboxylic acids is 1. The molecule has 0 saturated heterocycles. The number of aromatic nitrogens is 1. The number of thiazole rings is 1. The fourth-order valence-corrected chi connectivity index (χ4v) is 4.22. The number of Topliss-reactive ketones (excluding diaryl/α,β-unsaturated/α-hetero) is 1. The first kappa shape index (κ1) is 19.3. The largest absolute Gasteiger partial charge is 0.507 e. The third-order valence-corrected chi connectivity index (χ3v) is 6.04. The lowest BCUT2D eigenvalue weighted by atomic mass is 10.0. The highest BCUT2D eigenvalue weighted by molar-refractivity contribution is 7.17. The van der Waals surface area contributed by atoms with Gasteiger partial charge in [0.2, 0.25) is 0 Å². The Morgan fingerprint density at radius 1 is 1.10 bits per heavy atom. The first-order chi connectivity index (χ1) is 14.0. The quantitative estimate of drug-likeness (QED) is 0.321. The van der Waals surface area contributed by atoms with Crippen LogP contribution in [0.2, 0.25) is 5.02 Å². The van der Waals surface area contributed by atoms with Crippen LogP contribution in [0, 0.1) is 6.92 Å². The van der Waals surface area contributed by atoms with Crippen LogP contribution in [0.5, 0.6) is 5.75 Å². The molecule has 1 aromatic heterocycles. The lowest BCUT2D eigenvalue weighted by Gasteiger charge is -2.04. The van der Waals surface area contributed by atoms with Crippen molar-refractivity contribution in [2.75, 3.05) is 6.54 Å². The van der Waals surface area contributed by atoms with Crippen molar-refractivity contribution in [2.45, 2.75) is 6.92 Å². The van der Waals surface area contributed by atoms with Gasteiger partial charge in [-0.3, -0.25) is 9.79 Å². The summed E-state index contributed by atoms with van der Waals surface area (Å²) in [4.78, 5) is 22.1. The van der Waals surface area contributed by atoms with E-state index >= 15 is 0 Å². The van der Waals surface area contributed by atoms with Crippen molar-refractivity contribution in [3.05, 3.63) is 81.8 Å². The third-order valence-electron chi connectivity index (χ3n) is 4.54. The molecule has 0 atom stereocenters. The zero-order chi connectivity index (χ0) is 20.4. The van der Waals surface area contributed by atoms with Crippen LogP contribution in [-0.2, 0) is 0 Å². The minimum Gasteiger partial charge on any atom is -0.507 e. The van der Waals surface area contributed by atoms with Gasteiger partial charge in [0.1, 0.15) is 17.3 Å². The minimum absolute atomic E-state index is 0.0400. The van der Waals surface area contributed by atoms with Gasteiger partial charge in [-0.2, -0.15) is 0 Å². The molecule has 0 unspecified atom stereocenters. The van der Waals surface area contributed by atoms with Gasteiger partial charge in [-0.15, -0.1) is 11.3 Å². The number of fused-ring (bicyclic) bond motifs is 1. The first-order valence-electron chi connectivity index (χ1n) is 9.00. The SMILES string of the molecule is Cc1nc(-c2ccc(Cl)cc2)sc1C(=O)CN=Cc1ccc(O)c2ccccc12. The molecular weight excluding hydrogens is 404 g/mol. The smallest absolute Gasteiger partial charge is 0.196 e. The Hall–Kier alpha value is -3.02. The Morgan fingerprint density at radius 2 is 1.83 bits per heavy atom. The van der Waals surface area contributed by atoms with Gasteiger partial charge in [0.25, 0.3) is 0 Å². The number of carbonyl (C=O) groups is 1. The monoisotopic (exact) mass is 420 g/mol. The molecule has 29 heavy (non-hydrogen) atoms. The van der Waals surface area contributed by atoms with Gasteiger partial charge in [0.15, 0.2) is 5.78 Å². The van der Waals surface area contributed by atoms with Crippen molar-refractivity contribution in [2.24, 2.45) is 4.99 Å². The summed E-state index contributed by atoms with van der Waals surface area (Å²) < 4.78 is 0. The second-order valence-corrected chi connectivity index (χ2v) is 7.99. The van der Waals surface area contributed by atoms with Crippen LogP contribution in [0.25, 0.3) is 21.3 Å². The van der Waals surface area contributed by atoms with E-state index in [1.807, 2.05) is 43.3 Å². The van der Waals surface area contributed by atoms with Gasteiger partial charge in [0, 0.05) is 27.8 Å². The van der Waals surface area contributed by atoms with Crippen LogP contribution in [0.4, 0.5) is 0 Å². The van der Waals surface area contributed by atoms with E-state index in [1.54, 1.807) is 30.5 Å². The number of benzene rings is 3. The number of phenolic OH excluding ortho intramolecular Hbond substituents is 1. The molecule has 0 spiro atoms. The number of halogens is 1. The molecule has 1 heterocycles. The maximum atomic E-state index is 12.7.